The number of primary amides is 1. The molecule has 2 aromatic carbocycles. The van der Waals surface area contributed by atoms with Crippen LogP contribution in [0.5, 0.6) is 0 Å². The van der Waals surface area contributed by atoms with E-state index in [4.69, 9.17) is 20.4 Å². The number of carbonyl (C=O) groups excluding carboxylic acids is 1. The Morgan fingerprint density at radius 2 is 2.12 bits per heavy atom. The molecule has 0 bridgehead atoms. The van der Waals surface area contributed by atoms with Crippen molar-refractivity contribution in [1.82, 2.24) is 15.0 Å². The number of morpholine rings is 1. The van der Waals surface area contributed by atoms with Gasteiger partial charge in [-0.05, 0) is 29.8 Å². The second-order valence-corrected chi connectivity index (χ2v) is 8.51. The summed E-state index contributed by atoms with van der Waals surface area (Å²) in [7, 11) is 0. The van der Waals surface area contributed by atoms with E-state index in [1.165, 1.54) is 0 Å². The number of fused-ring (bicyclic) bond motifs is 4. The molecular weight excluding hydrogens is 416 g/mol. The van der Waals surface area contributed by atoms with E-state index in [9.17, 15) is 4.79 Å². The second-order valence-electron chi connectivity index (χ2n) is 8.51. The number of aromatic amines is 1. The molecule has 33 heavy (non-hydrogen) atoms. The van der Waals surface area contributed by atoms with Crippen molar-refractivity contribution in [2.75, 3.05) is 36.1 Å². The zero-order chi connectivity index (χ0) is 22.4. The van der Waals surface area contributed by atoms with Crippen LogP contribution in [0.25, 0.3) is 22.3 Å². The fourth-order valence-corrected chi connectivity index (χ4v) is 4.84. The molecule has 0 spiro atoms. The first-order chi connectivity index (χ1) is 16.2. The van der Waals surface area contributed by atoms with Crippen molar-refractivity contribution in [3.63, 3.8) is 0 Å². The van der Waals surface area contributed by atoms with Gasteiger partial charge in [0.25, 0.3) is 0 Å². The minimum absolute atomic E-state index is 0.205. The Morgan fingerprint density at radius 1 is 1.21 bits per heavy atom. The number of carbonyl (C=O) groups is 1. The maximum absolute atomic E-state index is 11.6. The molecule has 3 N–H and O–H groups in total. The number of ether oxygens (including phenoxy) is 1. The first kappa shape index (κ1) is 19.8. The van der Waals surface area contributed by atoms with Gasteiger partial charge in [-0.25, -0.2) is 9.97 Å². The summed E-state index contributed by atoms with van der Waals surface area (Å²) in [5.74, 6) is 1.22. The van der Waals surface area contributed by atoms with Gasteiger partial charge in [-0.2, -0.15) is 0 Å². The van der Waals surface area contributed by atoms with Gasteiger partial charge in [-0.3, -0.25) is 4.79 Å². The summed E-state index contributed by atoms with van der Waals surface area (Å²) < 4.78 is 5.79. The third kappa shape index (κ3) is 3.48. The van der Waals surface area contributed by atoms with Gasteiger partial charge in [-0.1, -0.05) is 24.3 Å². The lowest BCUT2D eigenvalue weighted by Gasteiger charge is -2.45. The van der Waals surface area contributed by atoms with E-state index < -0.39 is 5.91 Å². The predicted molar refractivity (Wildman–Crippen MR) is 127 cm³/mol. The van der Waals surface area contributed by atoms with Crippen LogP contribution >= 0.6 is 0 Å². The van der Waals surface area contributed by atoms with E-state index in [0.29, 0.717) is 31.1 Å². The summed E-state index contributed by atoms with van der Waals surface area (Å²) in [4.78, 5) is 29.3. The molecular formula is C25H24N6O2. The Kier molecular flexibility index (Phi) is 4.73. The van der Waals surface area contributed by atoms with Gasteiger partial charge in [-0.15, -0.1) is 0 Å². The molecule has 2 aliphatic rings. The second kappa shape index (κ2) is 7.90. The van der Waals surface area contributed by atoms with Gasteiger partial charge in [0.15, 0.2) is 11.6 Å². The van der Waals surface area contributed by atoms with E-state index >= 15 is 0 Å². The Labute approximate surface area is 191 Å². The molecule has 2 aliphatic heterocycles. The lowest BCUT2D eigenvalue weighted by molar-refractivity contribution is 0.0936. The largest absolute Gasteiger partial charge is 0.377 e. The van der Waals surface area contributed by atoms with Crippen molar-refractivity contribution in [3.8, 4) is 11.4 Å². The number of nitrogens with one attached hydrogen (secondary N) is 1. The van der Waals surface area contributed by atoms with Crippen molar-refractivity contribution in [3.05, 3.63) is 72.1 Å². The molecule has 4 heterocycles. The molecule has 6 rings (SSSR count). The highest BCUT2D eigenvalue weighted by Gasteiger charge is 2.35. The summed E-state index contributed by atoms with van der Waals surface area (Å²) in [5.41, 5.74) is 10.1. The molecule has 0 radical (unpaired) electrons. The van der Waals surface area contributed by atoms with Crippen LogP contribution in [0.15, 0.2) is 60.9 Å². The van der Waals surface area contributed by atoms with Crippen LogP contribution in [0.1, 0.15) is 15.9 Å². The van der Waals surface area contributed by atoms with Gasteiger partial charge >= 0.3 is 0 Å². The first-order valence-electron chi connectivity index (χ1n) is 11.1. The monoisotopic (exact) mass is 440 g/mol. The molecule has 2 aromatic heterocycles. The summed E-state index contributed by atoms with van der Waals surface area (Å²) in [6.07, 6.45) is 3.86. The third-order valence-electron chi connectivity index (χ3n) is 6.44. The van der Waals surface area contributed by atoms with Gasteiger partial charge in [0.05, 0.1) is 31.1 Å². The van der Waals surface area contributed by atoms with E-state index in [1.54, 1.807) is 6.07 Å². The fourth-order valence-electron chi connectivity index (χ4n) is 4.84. The van der Waals surface area contributed by atoms with Crippen LogP contribution in [0.3, 0.4) is 0 Å². The molecule has 8 nitrogen and oxygen atoms in total. The number of amides is 1. The van der Waals surface area contributed by atoms with Crippen molar-refractivity contribution < 1.29 is 9.53 Å². The van der Waals surface area contributed by atoms with Crippen molar-refractivity contribution in [2.45, 2.75) is 12.6 Å². The smallest absolute Gasteiger partial charge is 0.248 e. The Hall–Kier alpha value is -3.91. The summed E-state index contributed by atoms with van der Waals surface area (Å²) in [6.45, 7) is 3.57. The number of anilines is 2. The summed E-state index contributed by atoms with van der Waals surface area (Å²) in [5, 5.41) is 1.10. The molecule has 0 saturated carbocycles. The Balaban J connectivity index is 1.42. The third-order valence-corrected chi connectivity index (χ3v) is 6.44. The first-order valence-corrected chi connectivity index (χ1v) is 11.1. The molecule has 166 valence electrons. The predicted octanol–water partition coefficient (Wildman–Crippen LogP) is 2.95. The van der Waals surface area contributed by atoms with Crippen LogP contribution < -0.4 is 15.5 Å². The van der Waals surface area contributed by atoms with Gasteiger partial charge < -0.3 is 25.3 Å². The highest BCUT2D eigenvalue weighted by molar-refractivity contribution is 5.94. The highest BCUT2D eigenvalue weighted by Crippen LogP contribution is 2.37. The van der Waals surface area contributed by atoms with Gasteiger partial charge in [0.2, 0.25) is 5.91 Å². The zero-order valence-electron chi connectivity index (χ0n) is 18.1. The maximum atomic E-state index is 11.6. The summed E-state index contributed by atoms with van der Waals surface area (Å²) in [6, 6.07) is 15.9. The minimum atomic E-state index is -0.422. The standard InChI is InChI=1S/C25H24N6O2/c26-23(32)17-4-1-3-16(11-17)13-30-14-18-15-33-10-9-31(18)25-22(30)12-28-24(29-25)20-5-2-6-21-19(20)7-8-27-21/h1-8,11-12,18,27H,9-10,13-15H2,(H2,26,32). The number of hydrogen-bond acceptors (Lipinski definition) is 6. The molecule has 0 aliphatic carbocycles. The minimum Gasteiger partial charge on any atom is -0.377 e. The number of nitrogens with two attached hydrogens (primary N) is 1. The zero-order valence-corrected chi connectivity index (χ0v) is 18.1. The molecule has 1 unspecified atom stereocenters. The Morgan fingerprint density at radius 3 is 3.03 bits per heavy atom. The topological polar surface area (TPSA) is 100 Å². The quantitative estimate of drug-likeness (QED) is 0.506. The Bertz CT molecular complexity index is 1350. The van der Waals surface area contributed by atoms with E-state index in [0.717, 1.165) is 46.6 Å². The average molecular weight is 441 g/mol. The molecule has 1 fully saturated rings. The number of hydrogen-bond donors (Lipinski definition) is 2. The maximum Gasteiger partial charge on any atom is 0.248 e. The number of H-pyrrole nitrogens is 1. The average Bonchev–Trinajstić information content (AvgIpc) is 3.33. The van der Waals surface area contributed by atoms with Crippen molar-refractivity contribution >= 4 is 28.3 Å². The SMILES string of the molecule is NC(=O)c1cccc(CN2CC3COCCN3c3nc(-c4cccc5[nH]ccc45)ncc32)c1. The summed E-state index contributed by atoms with van der Waals surface area (Å²) >= 11 is 0. The van der Waals surface area contributed by atoms with Crippen molar-refractivity contribution in [1.29, 1.82) is 0 Å². The number of nitrogens with zero attached hydrogens (tertiary/aromatic N) is 4. The number of rotatable bonds is 4. The van der Waals surface area contributed by atoms with Gasteiger partial charge in [0.1, 0.15) is 0 Å². The molecule has 1 saturated heterocycles. The number of aromatic nitrogens is 3. The van der Waals surface area contributed by atoms with E-state index in [1.807, 2.05) is 36.7 Å². The van der Waals surface area contributed by atoms with Crippen molar-refractivity contribution in [2.24, 2.45) is 5.73 Å². The highest BCUT2D eigenvalue weighted by atomic mass is 16.5. The van der Waals surface area contributed by atoms with Crippen LogP contribution in [0.4, 0.5) is 11.5 Å². The van der Waals surface area contributed by atoms with E-state index in [-0.39, 0.29) is 6.04 Å². The number of benzene rings is 2. The molecule has 1 atom stereocenters. The normalized spacial score (nSPS) is 17.6. The van der Waals surface area contributed by atoms with Crippen LogP contribution in [-0.4, -0.2) is 53.2 Å². The van der Waals surface area contributed by atoms with Gasteiger partial charge in [0, 0.05) is 47.9 Å². The van der Waals surface area contributed by atoms with Crippen LogP contribution in [0.2, 0.25) is 0 Å². The van der Waals surface area contributed by atoms with E-state index in [2.05, 4.69) is 33.0 Å². The lowest BCUT2D eigenvalue weighted by atomic mass is 10.1. The molecule has 8 heteroatoms. The van der Waals surface area contributed by atoms with Crippen LogP contribution in [0, 0.1) is 0 Å². The van der Waals surface area contributed by atoms with Crippen LogP contribution in [-0.2, 0) is 11.3 Å². The fraction of sp³-hybridized carbons (Fsp3) is 0.240. The molecule has 1 amide bonds. The lowest BCUT2D eigenvalue weighted by Crippen LogP contribution is -2.55. The molecule has 4 aromatic rings.